The van der Waals surface area contributed by atoms with E-state index in [0.29, 0.717) is 5.69 Å². The number of hydrogen-bond acceptors (Lipinski definition) is 5. The van der Waals surface area contributed by atoms with Gasteiger partial charge in [0, 0.05) is 25.0 Å². The van der Waals surface area contributed by atoms with Crippen LogP contribution < -0.4 is 10.2 Å². The van der Waals surface area contributed by atoms with Gasteiger partial charge in [-0.3, -0.25) is 10.1 Å². The van der Waals surface area contributed by atoms with Gasteiger partial charge in [0.2, 0.25) is 0 Å². The molecule has 20 heavy (non-hydrogen) atoms. The lowest BCUT2D eigenvalue weighted by atomic mass is 10.1. The number of pyridine rings is 1. The average molecular weight is 272 g/mol. The van der Waals surface area contributed by atoms with E-state index < -0.39 is 0 Å². The SMILES string of the molecule is O=[N+]([O-])c1cnc2ccccc2c1N1CCCNCC1. The predicted molar refractivity (Wildman–Crippen MR) is 78.1 cm³/mol. The zero-order chi connectivity index (χ0) is 13.9. The van der Waals surface area contributed by atoms with Crippen molar-refractivity contribution < 1.29 is 4.92 Å². The Morgan fingerprint density at radius 3 is 2.95 bits per heavy atom. The van der Waals surface area contributed by atoms with Crippen LogP contribution in [0, 0.1) is 10.1 Å². The maximum Gasteiger partial charge on any atom is 0.311 e. The fraction of sp³-hybridized carbons (Fsp3) is 0.357. The number of nitrogens with one attached hydrogen (secondary N) is 1. The first-order valence-corrected chi connectivity index (χ1v) is 6.75. The van der Waals surface area contributed by atoms with Gasteiger partial charge in [-0.25, -0.2) is 4.98 Å². The average Bonchev–Trinajstić information content (AvgIpc) is 2.74. The molecule has 1 fully saturated rings. The largest absolute Gasteiger partial charge is 0.364 e. The third-order valence-corrected chi connectivity index (χ3v) is 3.58. The molecule has 0 aliphatic carbocycles. The molecule has 1 saturated heterocycles. The number of anilines is 1. The third kappa shape index (κ3) is 2.30. The number of fused-ring (bicyclic) bond motifs is 1. The molecular formula is C14H16N4O2. The van der Waals surface area contributed by atoms with Gasteiger partial charge in [-0.2, -0.15) is 0 Å². The summed E-state index contributed by atoms with van der Waals surface area (Å²) in [6, 6.07) is 7.59. The summed E-state index contributed by atoms with van der Waals surface area (Å²) >= 11 is 0. The Balaban J connectivity index is 2.18. The molecule has 0 saturated carbocycles. The van der Waals surface area contributed by atoms with Crippen LogP contribution in [0.1, 0.15) is 6.42 Å². The molecule has 6 heteroatoms. The summed E-state index contributed by atoms with van der Waals surface area (Å²) in [6.45, 7) is 3.39. The van der Waals surface area contributed by atoms with Gasteiger partial charge < -0.3 is 10.2 Å². The summed E-state index contributed by atoms with van der Waals surface area (Å²) in [5, 5.41) is 15.5. The highest BCUT2D eigenvalue weighted by Crippen LogP contribution is 2.34. The van der Waals surface area contributed by atoms with Gasteiger partial charge in [-0.15, -0.1) is 0 Å². The van der Waals surface area contributed by atoms with Gasteiger partial charge in [0.25, 0.3) is 0 Å². The van der Waals surface area contributed by atoms with Gasteiger partial charge >= 0.3 is 5.69 Å². The van der Waals surface area contributed by atoms with Crippen LogP contribution in [0.3, 0.4) is 0 Å². The number of aromatic nitrogens is 1. The van der Waals surface area contributed by atoms with E-state index in [4.69, 9.17) is 0 Å². The molecule has 0 spiro atoms. The van der Waals surface area contributed by atoms with E-state index in [9.17, 15) is 10.1 Å². The third-order valence-electron chi connectivity index (χ3n) is 3.58. The van der Waals surface area contributed by atoms with Crippen LogP contribution in [-0.4, -0.2) is 36.1 Å². The Hall–Kier alpha value is -2.21. The van der Waals surface area contributed by atoms with Crippen LogP contribution in [0.2, 0.25) is 0 Å². The highest BCUT2D eigenvalue weighted by Gasteiger charge is 2.23. The summed E-state index contributed by atoms with van der Waals surface area (Å²) in [5.74, 6) is 0. The normalized spacial score (nSPS) is 16.1. The maximum absolute atomic E-state index is 11.3. The number of hydrogen-bond donors (Lipinski definition) is 1. The van der Waals surface area contributed by atoms with Crippen molar-refractivity contribution in [3.05, 3.63) is 40.6 Å². The van der Waals surface area contributed by atoms with Crippen molar-refractivity contribution in [1.82, 2.24) is 10.3 Å². The first-order chi connectivity index (χ1) is 9.77. The lowest BCUT2D eigenvalue weighted by Gasteiger charge is -2.23. The standard InChI is InChI=1S/C14H16N4O2/c19-18(20)13-10-16-12-5-2-1-4-11(12)14(13)17-8-3-6-15-7-9-17/h1-2,4-5,10,15H,3,6-9H2. The molecule has 2 heterocycles. The Kier molecular flexibility index (Phi) is 3.47. The minimum absolute atomic E-state index is 0.0885. The van der Waals surface area contributed by atoms with Crippen molar-refractivity contribution in [2.45, 2.75) is 6.42 Å². The summed E-state index contributed by atoms with van der Waals surface area (Å²) in [5.41, 5.74) is 1.58. The van der Waals surface area contributed by atoms with Gasteiger partial charge in [0.1, 0.15) is 11.9 Å². The molecule has 0 unspecified atom stereocenters. The minimum atomic E-state index is -0.340. The van der Waals surface area contributed by atoms with Gasteiger partial charge in [0.15, 0.2) is 0 Å². The Bertz CT molecular complexity index is 636. The van der Waals surface area contributed by atoms with Crippen molar-refractivity contribution in [2.24, 2.45) is 0 Å². The molecule has 0 amide bonds. The lowest BCUT2D eigenvalue weighted by Crippen LogP contribution is -2.28. The van der Waals surface area contributed by atoms with E-state index in [2.05, 4.69) is 15.2 Å². The van der Waals surface area contributed by atoms with Crippen LogP contribution in [0.5, 0.6) is 0 Å². The van der Waals surface area contributed by atoms with Crippen molar-refractivity contribution in [2.75, 3.05) is 31.1 Å². The molecule has 1 aromatic heterocycles. The molecular weight excluding hydrogens is 256 g/mol. The number of benzene rings is 1. The number of rotatable bonds is 2. The van der Waals surface area contributed by atoms with Gasteiger partial charge in [0.05, 0.1) is 10.4 Å². The Labute approximate surface area is 116 Å². The van der Waals surface area contributed by atoms with Crippen LogP contribution in [0.4, 0.5) is 11.4 Å². The molecule has 0 atom stereocenters. The zero-order valence-electron chi connectivity index (χ0n) is 11.1. The molecule has 6 nitrogen and oxygen atoms in total. The monoisotopic (exact) mass is 272 g/mol. The first kappa shape index (κ1) is 12.8. The van der Waals surface area contributed by atoms with Crippen LogP contribution in [0.15, 0.2) is 30.5 Å². The van der Waals surface area contributed by atoms with Crippen molar-refractivity contribution >= 4 is 22.3 Å². The lowest BCUT2D eigenvalue weighted by molar-refractivity contribution is -0.384. The van der Waals surface area contributed by atoms with Crippen LogP contribution in [-0.2, 0) is 0 Å². The number of para-hydroxylation sites is 1. The number of nitro groups is 1. The smallest absolute Gasteiger partial charge is 0.311 e. The van der Waals surface area contributed by atoms with Crippen molar-refractivity contribution in [3.8, 4) is 0 Å². The fourth-order valence-corrected chi connectivity index (χ4v) is 2.65. The molecule has 1 N–H and O–H groups in total. The maximum atomic E-state index is 11.3. The van der Waals surface area contributed by atoms with E-state index in [1.165, 1.54) is 6.20 Å². The molecule has 2 aromatic rings. The predicted octanol–water partition coefficient (Wildman–Crippen LogP) is 1.94. The van der Waals surface area contributed by atoms with Gasteiger partial charge in [-0.05, 0) is 19.0 Å². The molecule has 3 rings (SSSR count). The van der Waals surface area contributed by atoms with E-state index in [-0.39, 0.29) is 10.6 Å². The molecule has 1 aliphatic rings. The van der Waals surface area contributed by atoms with Crippen molar-refractivity contribution in [3.63, 3.8) is 0 Å². The second kappa shape index (κ2) is 5.42. The summed E-state index contributed by atoms with van der Waals surface area (Å²) in [6.07, 6.45) is 2.35. The zero-order valence-corrected chi connectivity index (χ0v) is 11.1. The quantitative estimate of drug-likeness (QED) is 0.668. The summed E-state index contributed by atoms with van der Waals surface area (Å²) < 4.78 is 0. The van der Waals surface area contributed by atoms with Crippen molar-refractivity contribution in [1.29, 1.82) is 0 Å². The Morgan fingerprint density at radius 2 is 2.10 bits per heavy atom. The van der Waals surface area contributed by atoms with E-state index in [1.54, 1.807) is 0 Å². The summed E-state index contributed by atoms with van der Waals surface area (Å²) in [7, 11) is 0. The molecule has 0 bridgehead atoms. The topological polar surface area (TPSA) is 71.3 Å². The minimum Gasteiger partial charge on any atom is -0.364 e. The second-order valence-corrected chi connectivity index (χ2v) is 4.86. The van der Waals surface area contributed by atoms with E-state index >= 15 is 0 Å². The Morgan fingerprint density at radius 1 is 1.25 bits per heavy atom. The summed E-state index contributed by atoms with van der Waals surface area (Å²) in [4.78, 5) is 17.3. The van der Waals surface area contributed by atoms with Crippen LogP contribution in [0.25, 0.3) is 10.9 Å². The number of nitrogens with zero attached hydrogens (tertiary/aromatic N) is 3. The van der Waals surface area contributed by atoms with Gasteiger partial charge in [-0.1, -0.05) is 18.2 Å². The van der Waals surface area contributed by atoms with E-state index in [1.807, 2.05) is 24.3 Å². The highest BCUT2D eigenvalue weighted by atomic mass is 16.6. The molecule has 104 valence electrons. The second-order valence-electron chi connectivity index (χ2n) is 4.86. The molecule has 0 radical (unpaired) electrons. The highest BCUT2D eigenvalue weighted by molar-refractivity contribution is 5.96. The fourth-order valence-electron chi connectivity index (χ4n) is 2.65. The first-order valence-electron chi connectivity index (χ1n) is 6.75. The van der Waals surface area contributed by atoms with Crippen LogP contribution >= 0.6 is 0 Å². The van der Waals surface area contributed by atoms with E-state index in [0.717, 1.165) is 43.5 Å². The molecule has 1 aliphatic heterocycles. The molecule has 1 aromatic carbocycles.